The van der Waals surface area contributed by atoms with E-state index in [1.165, 1.54) is 17.1 Å². The van der Waals surface area contributed by atoms with Gasteiger partial charge in [-0.1, -0.05) is 13.8 Å². The van der Waals surface area contributed by atoms with Crippen LogP contribution in [0.4, 0.5) is 5.69 Å². The van der Waals surface area contributed by atoms with Crippen LogP contribution < -0.4 is 5.73 Å². The molecule has 0 fully saturated rings. The van der Waals surface area contributed by atoms with Crippen LogP contribution in [-0.4, -0.2) is 45.1 Å². The van der Waals surface area contributed by atoms with Gasteiger partial charge in [-0.05, 0) is 12.3 Å². The van der Waals surface area contributed by atoms with E-state index in [0.29, 0.717) is 19.0 Å². The molecule has 1 atom stereocenters. The molecule has 1 unspecified atom stereocenters. The lowest BCUT2D eigenvalue weighted by molar-refractivity contribution is -0.385. The molecule has 1 rings (SSSR count). The summed E-state index contributed by atoms with van der Waals surface area (Å²) in [5.41, 5.74) is 5.87. The number of rotatable bonds is 8. The molecule has 8 nitrogen and oxygen atoms in total. The number of nitrogens with zero attached hydrogens (tertiary/aromatic N) is 4. The minimum Gasteiger partial charge on any atom is -0.346 e. The Labute approximate surface area is 124 Å². The fourth-order valence-corrected chi connectivity index (χ4v) is 1.77. The van der Waals surface area contributed by atoms with Gasteiger partial charge in [-0.25, -0.2) is 0 Å². The second kappa shape index (κ2) is 7.72. The summed E-state index contributed by atoms with van der Waals surface area (Å²) in [6.07, 6.45) is 3.51. The Hall–Kier alpha value is -1.96. The van der Waals surface area contributed by atoms with Gasteiger partial charge >= 0.3 is 5.69 Å². The van der Waals surface area contributed by atoms with Crippen molar-refractivity contribution < 1.29 is 9.72 Å². The van der Waals surface area contributed by atoms with E-state index in [1.54, 1.807) is 11.9 Å². The van der Waals surface area contributed by atoms with Crippen molar-refractivity contribution in [2.24, 2.45) is 11.7 Å². The highest BCUT2D eigenvalue weighted by molar-refractivity contribution is 5.75. The summed E-state index contributed by atoms with van der Waals surface area (Å²) in [4.78, 5) is 23.6. The molecular weight excluding hydrogens is 274 g/mol. The van der Waals surface area contributed by atoms with E-state index >= 15 is 0 Å². The number of hydrogen-bond acceptors (Lipinski definition) is 5. The Balaban J connectivity index is 2.36. The van der Waals surface area contributed by atoms with E-state index in [2.05, 4.69) is 18.9 Å². The van der Waals surface area contributed by atoms with Crippen LogP contribution in [-0.2, 0) is 11.3 Å². The van der Waals surface area contributed by atoms with E-state index in [9.17, 15) is 14.9 Å². The molecule has 8 heteroatoms. The first-order valence-corrected chi connectivity index (χ1v) is 6.97. The molecule has 1 heterocycles. The van der Waals surface area contributed by atoms with Gasteiger partial charge < -0.3 is 10.6 Å². The Morgan fingerprint density at radius 2 is 2.24 bits per heavy atom. The first-order chi connectivity index (χ1) is 9.81. The van der Waals surface area contributed by atoms with E-state index in [0.717, 1.165) is 6.42 Å². The van der Waals surface area contributed by atoms with Crippen molar-refractivity contribution in [1.82, 2.24) is 14.7 Å². The van der Waals surface area contributed by atoms with Crippen molar-refractivity contribution in [1.29, 1.82) is 0 Å². The number of carbonyl (C=O) groups excluding carboxylic acids is 1. The van der Waals surface area contributed by atoms with Crippen LogP contribution in [0.3, 0.4) is 0 Å². The summed E-state index contributed by atoms with van der Waals surface area (Å²) in [5, 5.41) is 14.4. The van der Waals surface area contributed by atoms with Crippen LogP contribution in [0.1, 0.15) is 26.7 Å². The van der Waals surface area contributed by atoms with Crippen LogP contribution >= 0.6 is 0 Å². The number of aryl methyl sites for hydroxylation is 1. The molecular formula is C13H23N5O3. The zero-order chi connectivity index (χ0) is 16.0. The summed E-state index contributed by atoms with van der Waals surface area (Å²) >= 11 is 0. The first-order valence-electron chi connectivity index (χ1n) is 6.97. The molecule has 0 saturated heterocycles. The Morgan fingerprint density at radius 1 is 1.57 bits per heavy atom. The predicted molar refractivity (Wildman–Crippen MR) is 78.6 cm³/mol. The number of aromatic nitrogens is 2. The highest BCUT2D eigenvalue weighted by atomic mass is 16.6. The standard InChI is InChI=1S/C13H23N5O3/c1-10(2)12(14)4-6-16(3)13(19)5-7-17-9-11(8-15-17)18(20)21/h8-10,12H,4-7,14H2,1-3H3. The van der Waals surface area contributed by atoms with Gasteiger partial charge in [0.15, 0.2) is 0 Å². The largest absolute Gasteiger partial charge is 0.346 e. The molecule has 0 aliphatic rings. The Bertz CT molecular complexity index is 486. The average molecular weight is 297 g/mol. The monoisotopic (exact) mass is 297 g/mol. The lowest BCUT2D eigenvalue weighted by atomic mass is 10.0. The minimum atomic E-state index is -0.509. The number of carbonyl (C=O) groups is 1. The maximum absolute atomic E-state index is 11.9. The quantitative estimate of drug-likeness (QED) is 0.569. The minimum absolute atomic E-state index is 0.0240. The van der Waals surface area contributed by atoms with Crippen molar-refractivity contribution in [2.75, 3.05) is 13.6 Å². The third kappa shape index (κ3) is 5.50. The fraction of sp³-hybridized carbons (Fsp3) is 0.692. The lowest BCUT2D eigenvalue weighted by Gasteiger charge is -2.21. The molecule has 21 heavy (non-hydrogen) atoms. The number of amides is 1. The zero-order valence-electron chi connectivity index (χ0n) is 12.7. The van der Waals surface area contributed by atoms with Gasteiger partial charge in [-0.15, -0.1) is 0 Å². The maximum atomic E-state index is 11.9. The summed E-state index contributed by atoms with van der Waals surface area (Å²) in [6, 6.07) is 0.0778. The SMILES string of the molecule is CC(C)C(N)CCN(C)C(=O)CCn1cc([N+](=O)[O-])cn1. The molecule has 0 spiro atoms. The summed E-state index contributed by atoms with van der Waals surface area (Å²) in [6.45, 7) is 5.04. The van der Waals surface area contributed by atoms with E-state index < -0.39 is 4.92 Å². The molecule has 0 saturated carbocycles. The molecule has 1 aromatic heterocycles. The van der Waals surface area contributed by atoms with Gasteiger partial charge in [0.1, 0.15) is 12.4 Å². The number of nitro groups is 1. The van der Waals surface area contributed by atoms with Gasteiger partial charge in [0, 0.05) is 32.6 Å². The highest BCUT2D eigenvalue weighted by Crippen LogP contribution is 2.09. The van der Waals surface area contributed by atoms with Gasteiger partial charge in [0.05, 0.1) is 4.92 Å². The molecule has 0 radical (unpaired) electrons. The highest BCUT2D eigenvalue weighted by Gasteiger charge is 2.14. The Kier molecular flexibility index (Phi) is 6.29. The van der Waals surface area contributed by atoms with E-state index in [-0.39, 0.29) is 24.1 Å². The molecule has 2 N–H and O–H groups in total. The summed E-state index contributed by atoms with van der Waals surface area (Å²) in [7, 11) is 1.74. The van der Waals surface area contributed by atoms with Crippen LogP contribution in [0.5, 0.6) is 0 Å². The topological polar surface area (TPSA) is 107 Å². The second-order valence-electron chi connectivity index (χ2n) is 5.48. The van der Waals surface area contributed by atoms with Crippen molar-refractivity contribution in [3.63, 3.8) is 0 Å². The third-order valence-corrected chi connectivity index (χ3v) is 3.47. The molecule has 0 aliphatic carbocycles. The maximum Gasteiger partial charge on any atom is 0.306 e. The molecule has 1 amide bonds. The van der Waals surface area contributed by atoms with Gasteiger partial charge in [0.25, 0.3) is 0 Å². The number of hydrogen-bond donors (Lipinski definition) is 1. The second-order valence-corrected chi connectivity index (χ2v) is 5.48. The van der Waals surface area contributed by atoms with Crippen LogP contribution in [0.2, 0.25) is 0 Å². The van der Waals surface area contributed by atoms with E-state index in [4.69, 9.17) is 5.73 Å². The molecule has 0 bridgehead atoms. The number of nitrogens with two attached hydrogens (primary N) is 1. The van der Waals surface area contributed by atoms with Crippen molar-refractivity contribution >= 4 is 11.6 Å². The van der Waals surface area contributed by atoms with Crippen LogP contribution in [0, 0.1) is 16.0 Å². The van der Waals surface area contributed by atoms with Gasteiger partial charge in [-0.2, -0.15) is 5.10 Å². The van der Waals surface area contributed by atoms with Crippen molar-refractivity contribution in [3.05, 3.63) is 22.5 Å². The van der Waals surface area contributed by atoms with Crippen molar-refractivity contribution in [3.8, 4) is 0 Å². The molecule has 1 aromatic rings. The summed E-state index contributed by atoms with van der Waals surface area (Å²) < 4.78 is 1.41. The lowest BCUT2D eigenvalue weighted by Crippen LogP contribution is -2.35. The molecule has 0 aromatic carbocycles. The zero-order valence-corrected chi connectivity index (χ0v) is 12.7. The fourth-order valence-electron chi connectivity index (χ4n) is 1.77. The third-order valence-electron chi connectivity index (χ3n) is 3.47. The average Bonchev–Trinajstić information content (AvgIpc) is 2.90. The predicted octanol–water partition coefficient (Wildman–Crippen LogP) is 1.01. The molecule has 0 aliphatic heterocycles. The smallest absolute Gasteiger partial charge is 0.306 e. The summed E-state index contributed by atoms with van der Waals surface area (Å²) in [5.74, 6) is 0.363. The van der Waals surface area contributed by atoms with Crippen molar-refractivity contribution in [2.45, 2.75) is 39.3 Å². The first kappa shape index (κ1) is 17.1. The van der Waals surface area contributed by atoms with Gasteiger partial charge in [-0.3, -0.25) is 19.6 Å². The van der Waals surface area contributed by atoms with Gasteiger partial charge in [0.2, 0.25) is 5.91 Å². The van der Waals surface area contributed by atoms with Crippen LogP contribution in [0.15, 0.2) is 12.4 Å². The van der Waals surface area contributed by atoms with E-state index in [1.807, 2.05) is 0 Å². The normalized spacial score (nSPS) is 12.4. The van der Waals surface area contributed by atoms with Crippen LogP contribution in [0.25, 0.3) is 0 Å². The Morgan fingerprint density at radius 3 is 2.76 bits per heavy atom. The molecule has 118 valence electrons.